The lowest BCUT2D eigenvalue weighted by atomic mass is 10.1. The van der Waals surface area contributed by atoms with E-state index >= 15 is 0 Å². The normalized spacial score (nSPS) is 17.8. The number of nitrogens with one attached hydrogen (secondary N) is 1. The Bertz CT molecular complexity index is 292. The molecule has 1 aliphatic rings. The van der Waals surface area contributed by atoms with Crippen LogP contribution in [0, 0.1) is 11.3 Å². The molecular weight excluding hydrogens is 206 g/mol. The molecule has 1 amide bonds. The van der Waals surface area contributed by atoms with Crippen molar-refractivity contribution in [3.8, 4) is 0 Å². The van der Waals surface area contributed by atoms with Crippen LogP contribution in [0.3, 0.4) is 0 Å². The zero-order valence-electron chi connectivity index (χ0n) is 10.4. The van der Waals surface area contributed by atoms with Gasteiger partial charge in [0.05, 0.1) is 6.04 Å². The van der Waals surface area contributed by atoms with Gasteiger partial charge in [0.25, 0.3) is 0 Å². The fourth-order valence-corrected chi connectivity index (χ4v) is 1.64. The number of nitrogens with two attached hydrogens (primary N) is 1. The maximum absolute atomic E-state index is 11.8. The number of amides is 1. The summed E-state index contributed by atoms with van der Waals surface area (Å²) >= 11 is 0. The summed E-state index contributed by atoms with van der Waals surface area (Å²) in [5.41, 5.74) is 5.00. The van der Waals surface area contributed by atoms with Crippen LogP contribution < -0.4 is 5.73 Å². The minimum atomic E-state index is -0.518. The van der Waals surface area contributed by atoms with Crippen molar-refractivity contribution in [3.05, 3.63) is 0 Å². The van der Waals surface area contributed by atoms with Gasteiger partial charge in [0.1, 0.15) is 11.4 Å². The lowest BCUT2D eigenvalue weighted by Crippen LogP contribution is -2.48. The van der Waals surface area contributed by atoms with Gasteiger partial charge in [0, 0.05) is 7.05 Å². The fraction of sp³-hybridized carbons (Fsp3) is 0.818. The third-order valence-electron chi connectivity index (χ3n) is 2.49. The van der Waals surface area contributed by atoms with Crippen molar-refractivity contribution in [2.75, 3.05) is 7.05 Å². The molecule has 1 unspecified atom stereocenters. The standard InChI is InChI=1S/C11H21N3O2/c1-11(2,3)16-10(15)14(4)8(9(12)13)7-5-6-7/h7-8H,5-6H2,1-4H3,(H3,12,13). The van der Waals surface area contributed by atoms with E-state index in [2.05, 4.69) is 0 Å². The van der Waals surface area contributed by atoms with Gasteiger partial charge in [0.15, 0.2) is 0 Å². The van der Waals surface area contributed by atoms with Gasteiger partial charge in [-0.3, -0.25) is 5.41 Å². The van der Waals surface area contributed by atoms with Crippen molar-refractivity contribution in [1.82, 2.24) is 4.90 Å². The van der Waals surface area contributed by atoms with Crippen molar-refractivity contribution in [3.63, 3.8) is 0 Å². The Labute approximate surface area is 96.4 Å². The first kappa shape index (κ1) is 12.8. The number of hydrogen-bond donors (Lipinski definition) is 2. The number of carbonyl (C=O) groups excluding carboxylic acids is 1. The first-order valence-corrected chi connectivity index (χ1v) is 5.52. The highest BCUT2D eigenvalue weighted by Gasteiger charge is 2.39. The number of ether oxygens (including phenoxy) is 1. The number of likely N-dealkylation sites (N-methyl/N-ethyl adjacent to an activating group) is 1. The van der Waals surface area contributed by atoms with Crippen LogP contribution >= 0.6 is 0 Å². The summed E-state index contributed by atoms with van der Waals surface area (Å²) in [7, 11) is 1.64. The van der Waals surface area contributed by atoms with Crippen LogP contribution in [-0.2, 0) is 4.74 Å². The van der Waals surface area contributed by atoms with Crippen LogP contribution in [0.5, 0.6) is 0 Å². The molecule has 1 atom stereocenters. The molecule has 3 N–H and O–H groups in total. The van der Waals surface area contributed by atoms with E-state index in [9.17, 15) is 4.79 Å². The molecular formula is C11H21N3O2. The van der Waals surface area contributed by atoms with E-state index in [1.165, 1.54) is 4.90 Å². The third kappa shape index (κ3) is 3.40. The molecule has 1 aliphatic carbocycles. The average Bonchev–Trinajstić information content (AvgIpc) is 2.84. The molecule has 0 saturated heterocycles. The molecule has 5 heteroatoms. The first-order chi connectivity index (χ1) is 7.22. The number of amidine groups is 1. The Morgan fingerprint density at radius 1 is 1.50 bits per heavy atom. The SMILES string of the molecule is CN(C(=O)OC(C)(C)C)C(C(=N)N)C1CC1. The van der Waals surface area contributed by atoms with Gasteiger partial charge in [-0.2, -0.15) is 0 Å². The topological polar surface area (TPSA) is 79.4 Å². The van der Waals surface area contributed by atoms with Crippen LogP contribution in [0.2, 0.25) is 0 Å². The molecule has 0 heterocycles. The smallest absolute Gasteiger partial charge is 0.410 e. The molecule has 1 saturated carbocycles. The minimum absolute atomic E-state index is 0.0378. The molecule has 1 fully saturated rings. The lowest BCUT2D eigenvalue weighted by Gasteiger charge is -2.30. The summed E-state index contributed by atoms with van der Waals surface area (Å²) in [6, 6.07) is -0.310. The Morgan fingerprint density at radius 2 is 2.00 bits per heavy atom. The highest BCUT2D eigenvalue weighted by Crippen LogP contribution is 2.35. The van der Waals surface area contributed by atoms with E-state index < -0.39 is 11.7 Å². The molecule has 16 heavy (non-hydrogen) atoms. The fourth-order valence-electron chi connectivity index (χ4n) is 1.64. The van der Waals surface area contributed by atoms with E-state index in [1.807, 2.05) is 20.8 Å². The van der Waals surface area contributed by atoms with Crippen LogP contribution in [-0.4, -0.2) is 35.5 Å². The highest BCUT2D eigenvalue weighted by molar-refractivity contribution is 5.87. The van der Waals surface area contributed by atoms with Gasteiger partial charge < -0.3 is 15.4 Å². The summed E-state index contributed by atoms with van der Waals surface area (Å²) in [5, 5.41) is 7.51. The molecule has 0 radical (unpaired) electrons. The van der Waals surface area contributed by atoms with Gasteiger partial charge in [-0.15, -0.1) is 0 Å². The number of hydrogen-bond acceptors (Lipinski definition) is 3. The lowest BCUT2D eigenvalue weighted by molar-refractivity contribution is 0.0252. The monoisotopic (exact) mass is 227 g/mol. The highest BCUT2D eigenvalue weighted by atomic mass is 16.6. The van der Waals surface area contributed by atoms with Crippen LogP contribution in [0.1, 0.15) is 33.6 Å². The number of carbonyl (C=O) groups is 1. The summed E-state index contributed by atoms with van der Waals surface area (Å²) < 4.78 is 5.24. The largest absolute Gasteiger partial charge is 0.444 e. The Kier molecular flexibility index (Phi) is 3.45. The minimum Gasteiger partial charge on any atom is -0.444 e. The first-order valence-electron chi connectivity index (χ1n) is 5.52. The summed E-state index contributed by atoms with van der Waals surface area (Å²) in [5.74, 6) is 0.367. The maximum atomic E-state index is 11.8. The average molecular weight is 227 g/mol. The zero-order chi connectivity index (χ0) is 12.5. The third-order valence-corrected chi connectivity index (χ3v) is 2.49. The van der Waals surface area contributed by atoms with E-state index in [0.717, 1.165) is 12.8 Å². The van der Waals surface area contributed by atoms with Crippen molar-refractivity contribution in [2.45, 2.75) is 45.3 Å². The number of rotatable bonds is 3. The van der Waals surface area contributed by atoms with Gasteiger partial charge in [-0.25, -0.2) is 4.79 Å². The molecule has 1 rings (SSSR count). The second-order valence-corrected chi connectivity index (χ2v) is 5.33. The molecule has 0 aromatic rings. The summed E-state index contributed by atoms with van der Waals surface area (Å²) in [4.78, 5) is 13.2. The maximum Gasteiger partial charge on any atom is 0.410 e. The number of nitrogens with zero attached hydrogens (tertiary/aromatic N) is 1. The molecule has 0 bridgehead atoms. The summed E-state index contributed by atoms with van der Waals surface area (Å²) in [6.45, 7) is 5.45. The Morgan fingerprint density at radius 3 is 2.31 bits per heavy atom. The second-order valence-electron chi connectivity index (χ2n) is 5.33. The van der Waals surface area contributed by atoms with Crippen LogP contribution in [0.15, 0.2) is 0 Å². The van der Waals surface area contributed by atoms with Gasteiger partial charge in [0.2, 0.25) is 0 Å². The quantitative estimate of drug-likeness (QED) is 0.567. The predicted octanol–water partition coefficient (Wildman–Crippen LogP) is 1.57. The predicted molar refractivity (Wildman–Crippen MR) is 62.4 cm³/mol. The van der Waals surface area contributed by atoms with Crippen molar-refractivity contribution in [2.24, 2.45) is 11.7 Å². The van der Waals surface area contributed by atoms with E-state index in [1.54, 1.807) is 7.05 Å². The van der Waals surface area contributed by atoms with Crippen molar-refractivity contribution in [1.29, 1.82) is 5.41 Å². The van der Waals surface area contributed by atoms with Crippen LogP contribution in [0.25, 0.3) is 0 Å². The van der Waals surface area contributed by atoms with Gasteiger partial charge in [-0.1, -0.05) is 0 Å². The molecule has 0 aromatic heterocycles. The van der Waals surface area contributed by atoms with Crippen molar-refractivity contribution >= 4 is 11.9 Å². The van der Waals surface area contributed by atoms with E-state index in [4.69, 9.17) is 15.9 Å². The molecule has 0 aromatic carbocycles. The zero-order valence-corrected chi connectivity index (χ0v) is 10.4. The van der Waals surface area contributed by atoms with Gasteiger partial charge in [-0.05, 0) is 39.5 Å². The van der Waals surface area contributed by atoms with E-state index in [0.29, 0.717) is 5.92 Å². The van der Waals surface area contributed by atoms with E-state index in [-0.39, 0.29) is 11.9 Å². The van der Waals surface area contributed by atoms with Crippen molar-refractivity contribution < 1.29 is 9.53 Å². The second kappa shape index (κ2) is 4.31. The van der Waals surface area contributed by atoms with Crippen LogP contribution in [0.4, 0.5) is 4.79 Å². The Balaban J connectivity index is 2.63. The molecule has 92 valence electrons. The van der Waals surface area contributed by atoms with Gasteiger partial charge >= 0.3 is 6.09 Å². The molecule has 0 aliphatic heterocycles. The Hall–Kier alpha value is -1.26. The summed E-state index contributed by atoms with van der Waals surface area (Å²) in [6.07, 6.45) is 1.63. The molecule has 5 nitrogen and oxygen atoms in total. The molecule has 0 spiro atoms.